The van der Waals surface area contributed by atoms with Crippen molar-refractivity contribution in [3.8, 4) is 0 Å². The summed E-state index contributed by atoms with van der Waals surface area (Å²) >= 11 is 0. The van der Waals surface area contributed by atoms with Crippen molar-refractivity contribution in [1.29, 1.82) is 5.53 Å². The summed E-state index contributed by atoms with van der Waals surface area (Å²) in [5.74, 6) is 0. The number of nitrogens with one attached hydrogen (secondary N) is 1. The third-order valence-electron chi connectivity index (χ3n) is 1.27. The zero-order valence-corrected chi connectivity index (χ0v) is 5.91. The van der Waals surface area contributed by atoms with E-state index >= 15 is 0 Å². The molecule has 1 rings (SSSR count). The van der Waals surface area contributed by atoms with Crippen LogP contribution in [0.4, 0.5) is 5.69 Å². The van der Waals surface area contributed by atoms with Crippen LogP contribution in [0.3, 0.4) is 0 Å². The molecule has 1 aromatic heterocycles. The topological polar surface area (TPSA) is 39.8 Å². The molecule has 0 saturated carbocycles. The van der Waals surface area contributed by atoms with Crippen molar-refractivity contribution >= 4 is 5.69 Å². The fraction of sp³-hybridized carbons (Fsp3) is 0.286. The number of hydrogen-bond donors (Lipinski definition) is 1. The monoisotopic (exact) mass is 136 g/mol. The second-order valence-electron chi connectivity index (χ2n) is 1.96. The van der Waals surface area contributed by atoms with Gasteiger partial charge >= 0.3 is 0 Å². The van der Waals surface area contributed by atoms with E-state index in [1.165, 1.54) is 4.70 Å². The average molecular weight is 136 g/mol. The van der Waals surface area contributed by atoms with Crippen LogP contribution in [0.2, 0.25) is 0 Å². The standard InChI is InChI=1S/C7H10N3/c1-2-10(8)7-4-3-5-9-6-7/h3-6,8H,2H2,1H3/q+1. The van der Waals surface area contributed by atoms with Gasteiger partial charge in [-0.25, -0.2) is 0 Å². The molecular weight excluding hydrogens is 126 g/mol. The number of hydrogen-bond acceptors (Lipinski definition) is 2. The van der Waals surface area contributed by atoms with Crippen molar-refractivity contribution < 1.29 is 4.70 Å². The molecule has 1 aromatic rings. The highest BCUT2D eigenvalue weighted by molar-refractivity contribution is 5.22. The number of nitrogens with zero attached hydrogens (tertiary/aromatic N) is 2. The van der Waals surface area contributed by atoms with Crippen molar-refractivity contribution in [3.63, 3.8) is 0 Å². The molecule has 3 heteroatoms. The molecule has 1 heterocycles. The molecule has 3 nitrogen and oxygen atoms in total. The van der Waals surface area contributed by atoms with Gasteiger partial charge in [0.2, 0.25) is 5.69 Å². The summed E-state index contributed by atoms with van der Waals surface area (Å²) in [7, 11) is 0. The van der Waals surface area contributed by atoms with Crippen LogP contribution < -0.4 is 0 Å². The fourth-order valence-electron chi connectivity index (χ4n) is 0.696. The van der Waals surface area contributed by atoms with E-state index in [-0.39, 0.29) is 0 Å². The van der Waals surface area contributed by atoms with Gasteiger partial charge < -0.3 is 0 Å². The van der Waals surface area contributed by atoms with E-state index in [0.29, 0.717) is 6.54 Å². The average Bonchev–Trinajstić information content (AvgIpc) is 2.05. The van der Waals surface area contributed by atoms with Gasteiger partial charge in [-0.3, -0.25) is 4.98 Å². The zero-order valence-electron chi connectivity index (χ0n) is 5.91. The van der Waals surface area contributed by atoms with E-state index < -0.39 is 0 Å². The lowest BCUT2D eigenvalue weighted by Crippen LogP contribution is -1.97. The Kier molecular flexibility index (Phi) is 2.10. The Morgan fingerprint density at radius 2 is 2.50 bits per heavy atom. The van der Waals surface area contributed by atoms with Gasteiger partial charge in [0.05, 0.1) is 0 Å². The van der Waals surface area contributed by atoms with E-state index in [1.54, 1.807) is 12.4 Å². The second-order valence-corrected chi connectivity index (χ2v) is 1.96. The largest absolute Gasteiger partial charge is 0.258 e. The molecule has 0 unspecified atom stereocenters. The van der Waals surface area contributed by atoms with E-state index in [2.05, 4.69) is 4.98 Å². The first-order valence-electron chi connectivity index (χ1n) is 3.23. The van der Waals surface area contributed by atoms with Crippen molar-refractivity contribution in [2.45, 2.75) is 6.92 Å². The summed E-state index contributed by atoms with van der Waals surface area (Å²) in [6.45, 7) is 2.62. The highest BCUT2D eigenvalue weighted by Gasteiger charge is 2.02. The predicted molar refractivity (Wildman–Crippen MR) is 37.4 cm³/mol. The van der Waals surface area contributed by atoms with Crippen LogP contribution in [0.5, 0.6) is 0 Å². The summed E-state index contributed by atoms with van der Waals surface area (Å²) in [6, 6.07) is 3.69. The van der Waals surface area contributed by atoms with Gasteiger partial charge in [-0.15, -0.1) is 0 Å². The van der Waals surface area contributed by atoms with Gasteiger partial charge in [-0.2, -0.15) is 0 Å². The fourth-order valence-corrected chi connectivity index (χ4v) is 0.696. The third-order valence-corrected chi connectivity index (χ3v) is 1.27. The molecule has 0 aromatic carbocycles. The van der Waals surface area contributed by atoms with Crippen LogP contribution in [0.25, 0.3) is 0 Å². The maximum atomic E-state index is 7.36. The Balaban J connectivity index is 2.85. The van der Waals surface area contributed by atoms with Gasteiger partial charge in [0, 0.05) is 12.3 Å². The molecule has 0 amide bonds. The lowest BCUT2D eigenvalue weighted by molar-refractivity contribution is -0.532. The zero-order chi connectivity index (χ0) is 7.40. The molecular formula is C7H10N3+. The molecule has 0 saturated heterocycles. The molecule has 0 aliphatic rings. The Hall–Kier alpha value is -1.25. The Morgan fingerprint density at radius 3 is 3.00 bits per heavy atom. The van der Waals surface area contributed by atoms with Crippen LogP contribution in [-0.4, -0.2) is 16.2 Å². The van der Waals surface area contributed by atoms with Gasteiger partial charge in [0.25, 0.3) is 0 Å². The summed E-state index contributed by atoms with van der Waals surface area (Å²) in [6.07, 6.45) is 3.38. The van der Waals surface area contributed by atoms with Crippen molar-refractivity contribution in [3.05, 3.63) is 24.5 Å². The Labute approximate surface area is 59.8 Å². The summed E-state index contributed by atoms with van der Waals surface area (Å²) in [5, 5.41) is 0. The maximum absolute atomic E-state index is 7.36. The lowest BCUT2D eigenvalue weighted by Gasteiger charge is -1.89. The molecule has 52 valence electrons. The normalized spacial score (nSPS) is 9.30. The molecule has 0 aliphatic carbocycles. The van der Waals surface area contributed by atoms with Crippen LogP contribution in [0, 0.1) is 5.53 Å². The quantitative estimate of drug-likeness (QED) is 0.488. The first-order valence-corrected chi connectivity index (χ1v) is 3.23. The van der Waals surface area contributed by atoms with Crippen LogP contribution in [0.1, 0.15) is 6.92 Å². The Bertz CT molecular complexity index is 218. The van der Waals surface area contributed by atoms with Gasteiger partial charge in [0.15, 0.2) is 6.54 Å². The highest BCUT2D eigenvalue weighted by atomic mass is 15.2. The van der Waals surface area contributed by atoms with E-state index in [1.807, 2.05) is 19.1 Å². The minimum absolute atomic E-state index is 0.686. The number of aromatic nitrogens is 1. The SMILES string of the molecule is CC[N+](=N)c1cccnc1. The molecule has 0 aliphatic heterocycles. The van der Waals surface area contributed by atoms with E-state index in [0.717, 1.165) is 5.69 Å². The van der Waals surface area contributed by atoms with Gasteiger partial charge in [0.1, 0.15) is 6.20 Å². The predicted octanol–water partition coefficient (Wildman–Crippen LogP) is 1.78. The minimum atomic E-state index is 0.686. The highest BCUT2D eigenvalue weighted by Crippen LogP contribution is 2.05. The number of pyridine rings is 1. The van der Waals surface area contributed by atoms with Gasteiger partial charge in [-0.1, -0.05) is 10.2 Å². The molecule has 0 atom stereocenters. The molecule has 1 N–H and O–H groups in total. The maximum Gasteiger partial charge on any atom is 0.249 e. The molecule has 10 heavy (non-hydrogen) atoms. The first-order chi connectivity index (χ1) is 4.84. The summed E-state index contributed by atoms with van der Waals surface area (Å²) in [4.78, 5) is 3.89. The molecule has 0 spiro atoms. The lowest BCUT2D eigenvalue weighted by atomic mass is 10.4. The number of rotatable bonds is 2. The van der Waals surface area contributed by atoms with Crippen molar-refractivity contribution in [2.75, 3.05) is 6.54 Å². The van der Waals surface area contributed by atoms with Crippen LogP contribution in [0.15, 0.2) is 24.5 Å². The summed E-state index contributed by atoms with van der Waals surface area (Å²) < 4.78 is 1.40. The second kappa shape index (κ2) is 3.06. The van der Waals surface area contributed by atoms with Crippen LogP contribution >= 0.6 is 0 Å². The van der Waals surface area contributed by atoms with E-state index in [4.69, 9.17) is 5.53 Å². The Morgan fingerprint density at radius 1 is 1.70 bits per heavy atom. The molecule has 0 bridgehead atoms. The van der Waals surface area contributed by atoms with Crippen LogP contribution in [-0.2, 0) is 0 Å². The third kappa shape index (κ3) is 1.37. The van der Waals surface area contributed by atoms with Crippen molar-refractivity contribution in [2.24, 2.45) is 0 Å². The minimum Gasteiger partial charge on any atom is -0.258 e. The van der Waals surface area contributed by atoms with Crippen molar-refractivity contribution in [1.82, 2.24) is 4.98 Å². The molecule has 0 fully saturated rings. The summed E-state index contributed by atoms with van der Waals surface area (Å²) in [5.41, 5.74) is 8.19. The van der Waals surface area contributed by atoms with E-state index in [9.17, 15) is 0 Å². The van der Waals surface area contributed by atoms with Gasteiger partial charge in [-0.05, 0) is 13.0 Å². The molecule has 0 radical (unpaired) electrons. The first kappa shape index (κ1) is 6.86. The smallest absolute Gasteiger partial charge is 0.249 e.